The van der Waals surface area contributed by atoms with Crippen LogP contribution in [0.5, 0.6) is 11.5 Å². The number of carbonyl (C=O) groups is 1. The Bertz CT molecular complexity index is 596. The maximum atomic E-state index is 11.7. The van der Waals surface area contributed by atoms with Crippen molar-refractivity contribution in [2.45, 2.75) is 6.42 Å². The number of carbonyl (C=O) groups excluding carboxylic acids is 1. The molecule has 4 heteroatoms. The number of fused-ring (bicyclic) bond motifs is 1. The van der Waals surface area contributed by atoms with Crippen molar-refractivity contribution in [3.05, 3.63) is 54.1 Å². The molecule has 1 aliphatic rings. The van der Waals surface area contributed by atoms with Gasteiger partial charge in [0.25, 0.3) is 0 Å². The first-order valence-corrected chi connectivity index (χ1v) is 6.11. The SMILES string of the molecule is O=C(Nc1ccccc1)Oc1ccc2c(c1)CCO2. The van der Waals surface area contributed by atoms with E-state index in [-0.39, 0.29) is 0 Å². The normalized spacial score (nSPS) is 12.4. The highest BCUT2D eigenvalue weighted by molar-refractivity contribution is 5.86. The van der Waals surface area contributed by atoms with Gasteiger partial charge in [0.05, 0.1) is 6.61 Å². The summed E-state index contributed by atoms with van der Waals surface area (Å²) in [7, 11) is 0. The predicted molar refractivity (Wildman–Crippen MR) is 71.7 cm³/mol. The van der Waals surface area contributed by atoms with Crippen LogP contribution in [0.2, 0.25) is 0 Å². The molecule has 0 bridgehead atoms. The van der Waals surface area contributed by atoms with E-state index in [1.165, 1.54) is 0 Å². The van der Waals surface area contributed by atoms with Gasteiger partial charge in [-0.2, -0.15) is 0 Å². The highest BCUT2D eigenvalue weighted by Gasteiger charge is 2.13. The maximum absolute atomic E-state index is 11.7. The number of rotatable bonds is 2. The van der Waals surface area contributed by atoms with E-state index in [9.17, 15) is 4.79 Å². The molecule has 1 aliphatic heterocycles. The monoisotopic (exact) mass is 255 g/mol. The van der Waals surface area contributed by atoms with Crippen LogP contribution in [0.4, 0.5) is 10.5 Å². The number of hydrogen-bond acceptors (Lipinski definition) is 3. The van der Waals surface area contributed by atoms with Crippen LogP contribution in [0.25, 0.3) is 0 Å². The lowest BCUT2D eigenvalue weighted by molar-refractivity contribution is 0.215. The van der Waals surface area contributed by atoms with Crippen LogP contribution in [-0.4, -0.2) is 12.7 Å². The van der Waals surface area contributed by atoms with Gasteiger partial charge in [0.15, 0.2) is 0 Å². The zero-order chi connectivity index (χ0) is 13.1. The van der Waals surface area contributed by atoms with Gasteiger partial charge < -0.3 is 9.47 Å². The fourth-order valence-electron chi connectivity index (χ4n) is 2.00. The molecular weight excluding hydrogens is 242 g/mol. The Morgan fingerprint density at radius 1 is 1.16 bits per heavy atom. The van der Waals surface area contributed by atoms with E-state index < -0.39 is 6.09 Å². The van der Waals surface area contributed by atoms with Crippen LogP contribution in [0.15, 0.2) is 48.5 Å². The molecule has 2 aromatic carbocycles. The maximum Gasteiger partial charge on any atom is 0.417 e. The van der Waals surface area contributed by atoms with Gasteiger partial charge in [0.1, 0.15) is 11.5 Å². The summed E-state index contributed by atoms with van der Waals surface area (Å²) in [6.07, 6.45) is 0.359. The predicted octanol–water partition coefficient (Wildman–Crippen LogP) is 3.23. The van der Waals surface area contributed by atoms with Crippen molar-refractivity contribution >= 4 is 11.8 Å². The third-order valence-corrected chi connectivity index (χ3v) is 2.89. The molecule has 2 aromatic rings. The highest BCUT2D eigenvalue weighted by atomic mass is 16.6. The van der Waals surface area contributed by atoms with Crippen LogP contribution in [0.3, 0.4) is 0 Å². The topological polar surface area (TPSA) is 47.6 Å². The van der Waals surface area contributed by atoms with E-state index in [2.05, 4.69) is 5.32 Å². The van der Waals surface area contributed by atoms with E-state index in [1.807, 2.05) is 30.3 Å². The number of amides is 1. The Labute approximate surface area is 111 Å². The second-order valence-corrected chi connectivity index (χ2v) is 4.25. The molecule has 96 valence electrons. The third-order valence-electron chi connectivity index (χ3n) is 2.89. The second-order valence-electron chi connectivity index (χ2n) is 4.25. The van der Waals surface area contributed by atoms with Gasteiger partial charge in [0.2, 0.25) is 0 Å². The average Bonchev–Trinajstić information content (AvgIpc) is 2.87. The Hall–Kier alpha value is -2.49. The Balaban J connectivity index is 1.66. The smallest absolute Gasteiger partial charge is 0.417 e. The molecule has 0 aromatic heterocycles. The number of nitrogens with one attached hydrogen (secondary N) is 1. The molecule has 19 heavy (non-hydrogen) atoms. The first-order valence-electron chi connectivity index (χ1n) is 6.11. The van der Waals surface area contributed by atoms with Gasteiger partial charge in [-0.15, -0.1) is 0 Å². The van der Waals surface area contributed by atoms with Gasteiger partial charge >= 0.3 is 6.09 Å². The summed E-state index contributed by atoms with van der Waals surface area (Å²) >= 11 is 0. The molecule has 0 atom stereocenters. The molecule has 0 radical (unpaired) electrons. The quantitative estimate of drug-likeness (QED) is 0.896. The number of benzene rings is 2. The van der Waals surface area contributed by atoms with Gasteiger partial charge in [0, 0.05) is 17.7 Å². The molecule has 1 N–H and O–H groups in total. The average molecular weight is 255 g/mol. The Morgan fingerprint density at radius 3 is 2.84 bits per heavy atom. The standard InChI is InChI=1S/C15H13NO3/c17-15(16-12-4-2-1-3-5-12)19-13-6-7-14-11(10-13)8-9-18-14/h1-7,10H,8-9H2,(H,16,17). The Morgan fingerprint density at radius 2 is 2.00 bits per heavy atom. The van der Waals surface area contributed by atoms with Crippen molar-refractivity contribution in [3.63, 3.8) is 0 Å². The molecule has 0 unspecified atom stereocenters. The summed E-state index contributed by atoms with van der Waals surface area (Å²) in [5.74, 6) is 1.40. The van der Waals surface area contributed by atoms with E-state index in [4.69, 9.17) is 9.47 Å². The number of anilines is 1. The zero-order valence-electron chi connectivity index (χ0n) is 10.3. The van der Waals surface area contributed by atoms with Crippen molar-refractivity contribution in [2.24, 2.45) is 0 Å². The molecule has 4 nitrogen and oxygen atoms in total. The van der Waals surface area contributed by atoms with Gasteiger partial charge in [-0.3, -0.25) is 5.32 Å². The molecule has 0 spiro atoms. The molecule has 0 fully saturated rings. The highest BCUT2D eigenvalue weighted by Crippen LogP contribution is 2.29. The van der Waals surface area contributed by atoms with Crippen LogP contribution < -0.4 is 14.8 Å². The lowest BCUT2D eigenvalue weighted by Crippen LogP contribution is -2.16. The number of hydrogen-bond donors (Lipinski definition) is 1. The molecule has 0 saturated heterocycles. The number of para-hydroxylation sites is 1. The van der Waals surface area contributed by atoms with Crippen molar-refractivity contribution < 1.29 is 14.3 Å². The fraction of sp³-hybridized carbons (Fsp3) is 0.133. The summed E-state index contributed by atoms with van der Waals surface area (Å²) in [4.78, 5) is 11.7. The van der Waals surface area contributed by atoms with Crippen molar-refractivity contribution in [1.82, 2.24) is 0 Å². The summed E-state index contributed by atoms with van der Waals surface area (Å²) in [5.41, 5.74) is 1.78. The molecule has 1 amide bonds. The van der Waals surface area contributed by atoms with E-state index >= 15 is 0 Å². The minimum Gasteiger partial charge on any atom is -0.493 e. The van der Waals surface area contributed by atoms with Gasteiger partial charge in [-0.25, -0.2) is 4.79 Å². The first-order chi connectivity index (χ1) is 9.31. The van der Waals surface area contributed by atoms with Crippen molar-refractivity contribution in [1.29, 1.82) is 0 Å². The lowest BCUT2D eigenvalue weighted by atomic mass is 10.2. The fourth-order valence-corrected chi connectivity index (χ4v) is 2.00. The van der Waals surface area contributed by atoms with Crippen LogP contribution in [0, 0.1) is 0 Å². The molecular formula is C15H13NO3. The van der Waals surface area contributed by atoms with E-state index in [1.54, 1.807) is 18.2 Å². The largest absolute Gasteiger partial charge is 0.493 e. The van der Waals surface area contributed by atoms with Crippen molar-refractivity contribution in [3.8, 4) is 11.5 Å². The minimum atomic E-state index is -0.495. The molecule has 1 heterocycles. The van der Waals surface area contributed by atoms with Gasteiger partial charge in [-0.1, -0.05) is 18.2 Å². The summed E-state index contributed by atoms with van der Waals surface area (Å²) in [5, 5.41) is 2.67. The lowest BCUT2D eigenvalue weighted by Gasteiger charge is -2.07. The molecule has 0 saturated carbocycles. The summed E-state index contributed by atoms with van der Waals surface area (Å²) in [6, 6.07) is 14.6. The van der Waals surface area contributed by atoms with Crippen molar-refractivity contribution in [2.75, 3.05) is 11.9 Å². The number of ether oxygens (including phenoxy) is 2. The van der Waals surface area contributed by atoms with Gasteiger partial charge in [-0.05, 0) is 30.3 Å². The second kappa shape index (κ2) is 5.02. The van der Waals surface area contributed by atoms with Crippen LogP contribution in [0.1, 0.15) is 5.56 Å². The molecule has 0 aliphatic carbocycles. The minimum absolute atomic E-state index is 0.495. The summed E-state index contributed by atoms with van der Waals surface area (Å²) in [6.45, 7) is 0.689. The first kappa shape index (κ1) is 11.6. The van der Waals surface area contributed by atoms with Crippen LogP contribution in [-0.2, 0) is 6.42 Å². The van der Waals surface area contributed by atoms with Crippen LogP contribution >= 0.6 is 0 Å². The van der Waals surface area contributed by atoms with E-state index in [0.29, 0.717) is 18.0 Å². The Kier molecular flexibility index (Phi) is 3.06. The zero-order valence-corrected chi connectivity index (χ0v) is 10.3. The van der Waals surface area contributed by atoms with E-state index in [0.717, 1.165) is 17.7 Å². The summed E-state index contributed by atoms with van der Waals surface area (Å²) < 4.78 is 10.6. The third kappa shape index (κ3) is 2.68. The molecule has 3 rings (SSSR count).